The summed E-state index contributed by atoms with van der Waals surface area (Å²) in [7, 11) is 3.38. The van der Waals surface area contributed by atoms with Crippen molar-refractivity contribution >= 4 is 40.1 Å². The highest BCUT2D eigenvalue weighted by Crippen LogP contribution is 2.46. The highest BCUT2D eigenvalue weighted by molar-refractivity contribution is 7.13. The van der Waals surface area contributed by atoms with Crippen LogP contribution in [-0.2, 0) is 9.59 Å². The third-order valence-corrected chi connectivity index (χ3v) is 10.3. The van der Waals surface area contributed by atoms with Crippen LogP contribution in [-0.4, -0.2) is 87.7 Å². The van der Waals surface area contributed by atoms with Gasteiger partial charge in [-0.05, 0) is 56.7 Å². The van der Waals surface area contributed by atoms with E-state index in [1.54, 1.807) is 19.1 Å². The van der Waals surface area contributed by atoms with Crippen molar-refractivity contribution in [1.29, 1.82) is 0 Å². The maximum absolute atomic E-state index is 13.8. The SMILES string of the molecule is COc1ccc2cc(OC[C@@H]3C[C@H]4C(=O)N(C)CCCC/C=C/[C@@H]5C[C@@]5(C(=O)O)NC(=O)N34)c(-c3nc(C(C)C)cs3)nc2c1C. The van der Waals surface area contributed by atoms with Gasteiger partial charge in [-0.1, -0.05) is 26.0 Å². The number of nitrogens with one attached hydrogen (secondary N) is 1. The Labute approximate surface area is 272 Å². The van der Waals surface area contributed by atoms with Crippen LogP contribution in [0.2, 0.25) is 0 Å². The topological polar surface area (TPSA) is 134 Å². The van der Waals surface area contributed by atoms with Crippen molar-refractivity contribution in [3.63, 3.8) is 0 Å². The molecule has 2 aromatic heterocycles. The molecule has 0 radical (unpaired) electrons. The molecule has 244 valence electrons. The van der Waals surface area contributed by atoms with Gasteiger partial charge in [-0.3, -0.25) is 4.79 Å². The number of aryl methyl sites for hydroxylation is 1. The van der Waals surface area contributed by atoms with E-state index < -0.39 is 29.6 Å². The van der Waals surface area contributed by atoms with Crippen LogP contribution in [0.4, 0.5) is 4.79 Å². The van der Waals surface area contributed by atoms with E-state index in [1.807, 2.05) is 42.7 Å². The zero-order chi connectivity index (χ0) is 32.7. The van der Waals surface area contributed by atoms with Crippen molar-refractivity contribution in [2.75, 3.05) is 27.3 Å². The molecule has 3 amide bonds. The molecule has 3 aliphatic rings. The molecule has 1 saturated heterocycles. The van der Waals surface area contributed by atoms with Crippen LogP contribution in [0.3, 0.4) is 0 Å². The van der Waals surface area contributed by atoms with Gasteiger partial charge >= 0.3 is 12.0 Å². The number of carbonyl (C=O) groups is 3. The van der Waals surface area contributed by atoms with Crippen molar-refractivity contribution in [2.24, 2.45) is 5.92 Å². The number of amides is 3. The van der Waals surface area contributed by atoms with Crippen LogP contribution < -0.4 is 14.8 Å². The molecule has 12 heteroatoms. The number of nitrogens with zero attached hydrogens (tertiary/aromatic N) is 4. The molecule has 1 aromatic carbocycles. The predicted molar refractivity (Wildman–Crippen MR) is 175 cm³/mol. The average molecular weight is 648 g/mol. The maximum Gasteiger partial charge on any atom is 0.330 e. The Morgan fingerprint density at radius 1 is 1.22 bits per heavy atom. The number of thiazole rings is 1. The van der Waals surface area contributed by atoms with Crippen LogP contribution in [0.1, 0.15) is 63.1 Å². The van der Waals surface area contributed by atoms with Crippen molar-refractivity contribution < 1.29 is 29.0 Å². The van der Waals surface area contributed by atoms with Gasteiger partial charge < -0.3 is 29.7 Å². The summed E-state index contributed by atoms with van der Waals surface area (Å²) in [6.07, 6.45) is 7.13. The molecule has 11 nitrogen and oxygen atoms in total. The Kier molecular flexibility index (Phi) is 8.66. The van der Waals surface area contributed by atoms with E-state index >= 15 is 0 Å². The Bertz CT molecular complexity index is 1700. The number of carboxylic acids is 1. The Morgan fingerprint density at radius 2 is 2.02 bits per heavy atom. The lowest BCUT2D eigenvalue weighted by Gasteiger charge is -2.48. The molecular weight excluding hydrogens is 606 g/mol. The van der Waals surface area contributed by atoms with Crippen LogP contribution in [0, 0.1) is 12.8 Å². The number of hydrogen-bond donors (Lipinski definition) is 2. The highest BCUT2D eigenvalue weighted by Gasteiger charge is 2.62. The average Bonchev–Trinajstić information content (AvgIpc) is 3.47. The monoisotopic (exact) mass is 647 g/mol. The molecule has 6 rings (SSSR count). The quantitative estimate of drug-likeness (QED) is 0.327. The summed E-state index contributed by atoms with van der Waals surface area (Å²) in [6, 6.07) is 4.04. The smallest absolute Gasteiger partial charge is 0.330 e. The van der Waals surface area contributed by atoms with Crippen LogP contribution >= 0.6 is 11.3 Å². The lowest BCUT2D eigenvalue weighted by molar-refractivity contribution is -0.142. The van der Waals surface area contributed by atoms with Crippen molar-refractivity contribution in [3.05, 3.63) is 47.0 Å². The molecule has 0 unspecified atom stereocenters. The van der Waals surface area contributed by atoms with E-state index in [0.717, 1.165) is 52.2 Å². The molecule has 2 N–H and O–H groups in total. The first kappa shape index (κ1) is 31.8. The van der Waals surface area contributed by atoms with E-state index in [4.69, 9.17) is 19.4 Å². The number of benzene rings is 1. The number of methoxy groups -OCH3 is 1. The third-order valence-electron chi connectivity index (χ3n) is 9.45. The summed E-state index contributed by atoms with van der Waals surface area (Å²) in [5.41, 5.74) is 1.87. The summed E-state index contributed by atoms with van der Waals surface area (Å²) in [5, 5.41) is 16.5. The van der Waals surface area contributed by atoms with Gasteiger partial charge in [0, 0.05) is 42.3 Å². The minimum absolute atomic E-state index is 0.0993. The Hall–Kier alpha value is -4.19. The highest BCUT2D eigenvalue weighted by atomic mass is 32.1. The first-order valence-electron chi connectivity index (χ1n) is 15.9. The molecule has 2 fully saturated rings. The second kappa shape index (κ2) is 12.5. The van der Waals surface area contributed by atoms with Gasteiger partial charge in [0.15, 0.2) is 0 Å². The number of urea groups is 1. The number of carbonyl (C=O) groups excluding carboxylic acids is 2. The van der Waals surface area contributed by atoms with Gasteiger partial charge in [0.25, 0.3) is 0 Å². The second-order valence-electron chi connectivity index (χ2n) is 12.9. The fraction of sp³-hybridized carbons (Fsp3) is 0.500. The summed E-state index contributed by atoms with van der Waals surface area (Å²) in [6.45, 7) is 6.83. The molecule has 4 atom stereocenters. The molecule has 46 heavy (non-hydrogen) atoms. The van der Waals surface area contributed by atoms with Crippen molar-refractivity contribution in [2.45, 2.75) is 76.4 Å². The largest absolute Gasteiger partial charge is 0.496 e. The molecule has 0 spiro atoms. The van der Waals surface area contributed by atoms with Gasteiger partial charge in [0.1, 0.15) is 40.4 Å². The summed E-state index contributed by atoms with van der Waals surface area (Å²) < 4.78 is 12.0. The van der Waals surface area contributed by atoms with Crippen LogP contribution in [0.5, 0.6) is 11.5 Å². The minimum Gasteiger partial charge on any atom is -0.496 e. The zero-order valence-electron chi connectivity index (χ0n) is 26.9. The van der Waals surface area contributed by atoms with Gasteiger partial charge in [-0.2, -0.15) is 0 Å². The molecular formula is C34H41N5O6S. The van der Waals surface area contributed by atoms with E-state index in [-0.39, 0.29) is 24.3 Å². The third kappa shape index (κ3) is 5.78. The number of fused-ring (bicyclic) bond motifs is 3. The standard InChI is InChI=1S/C34H41N5O6S/c1-19(2)24-18-46-30(35-24)29-27(14-21-11-12-26(44-5)20(3)28(21)36-29)45-17-23-15-25-31(40)38(4)13-9-7-6-8-10-22-16-34(22,32(41)42)37-33(43)39(23)25/h8,10-12,14,18-19,22-23,25H,6-7,9,13,15-17H2,1-5H3,(H,37,43)(H,41,42)/b10-8+/t22-,23+,25+,34-/m1/s1. The first-order chi connectivity index (χ1) is 22.0. The number of aromatic nitrogens is 2. The summed E-state index contributed by atoms with van der Waals surface area (Å²) in [4.78, 5) is 52.6. The molecule has 1 saturated carbocycles. The number of aliphatic carboxylic acids is 1. The second-order valence-corrected chi connectivity index (χ2v) is 13.7. The van der Waals surface area contributed by atoms with E-state index in [1.165, 1.54) is 16.2 Å². The number of carboxylic acid groups (broad SMARTS) is 1. The van der Waals surface area contributed by atoms with Crippen molar-refractivity contribution in [1.82, 2.24) is 25.1 Å². The minimum atomic E-state index is -1.37. The van der Waals surface area contributed by atoms with Gasteiger partial charge in [0.05, 0.1) is 24.4 Å². The zero-order valence-corrected chi connectivity index (χ0v) is 27.7. The number of allylic oxidation sites excluding steroid dienone is 1. The van der Waals surface area contributed by atoms with E-state index in [0.29, 0.717) is 30.8 Å². The van der Waals surface area contributed by atoms with E-state index in [9.17, 15) is 19.5 Å². The normalized spacial score (nSPS) is 25.7. The number of hydrogen-bond acceptors (Lipinski definition) is 8. The number of pyridine rings is 1. The number of rotatable bonds is 7. The maximum atomic E-state index is 13.8. The summed E-state index contributed by atoms with van der Waals surface area (Å²) >= 11 is 1.50. The summed E-state index contributed by atoms with van der Waals surface area (Å²) in [5.74, 6) is -0.0124. The molecule has 1 aliphatic carbocycles. The fourth-order valence-corrected chi connectivity index (χ4v) is 7.38. The van der Waals surface area contributed by atoms with Gasteiger partial charge in [-0.15, -0.1) is 11.3 Å². The Morgan fingerprint density at radius 3 is 2.74 bits per heavy atom. The molecule has 2 aliphatic heterocycles. The number of likely N-dealkylation sites (N-methyl/N-ethyl adjacent to an activating group) is 1. The van der Waals surface area contributed by atoms with Gasteiger partial charge in [0.2, 0.25) is 5.91 Å². The molecule has 0 bridgehead atoms. The van der Waals surface area contributed by atoms with Crippen molar-refractivity contribution in [3.8, 4) is 22.2 Å². The predicted octanol–water partition coefficient (Wildman–Crippen LogP) is 5.37. The lowest BCUT2D eigenvalue weighted by atomic mass is 9.92. The van der Waals surface area contributed by atoms with Gasteiger partial charge in [-0.25, -0.2) is 19.6 Å². The van der Waals surface area contributed by atoms with Crippen LogP contribution in [0.25, 0.3) is 21.6 Å². The lowest BCUT2D eigenvalue weighted by Crippen LogP contribution is -2.69. The van der Waals surface area contributed by atoms with Crippen LogP contribution in [0.15, 0.2) is 35.7 Å². The number of ether oxygens (including phenoxy) is 2. The fourth-order valence-electron chi connectivity index (χ4n) is 6.41. The molecule has 3 aromatic rings. The Balaban J connectivity index is 1.30. The molecule has 4 heterocycles. The van der Waals surface area contributed by atoms with E-state index in [2.05, 4.69) is 19.2 Å². The first-order valence-corrected chi connectivity index (χ1v) is 16.7.